The lowest BCUT2D eigenvalue weighted by atomic mass is 9.98. The van der Waals surface area contributed by atoms with E-state index in [0.29, 0.717) is 18.8 Å². The highest BCUT2D eigenvalue weighted by molar-refractivity contribution is 5.37. The minimum atomic E-state index is -4.53. The van der Waals surface area contributed by atoms with Gasteiger partial charge in [-0.15, -0.1) is 0 Å². The van der Waals surface area contributed by atoms with Gasteiger partial charge in [0.05, 0.1) is 18.2 Å². The van der Waals surface area contributed by atoms with Gasteiger partial charge in [-0.3, -0.25) is 0 Å². The lowest BCUT2D eigenvalue weighted by Crippen LogP contribution is -2.23. The van der Waals surface area contributed by atoms with E-state index in [1.807, 2.05) is 0 Å². The van der Waals surface area contributed by atoms with Crippen LogP contribution in [0.3, 0.4) is 0 Å². The summed E-state index contributed by atoms with van der Waals surface area (Å²) >= 11 is 0. The van der Waals surface area contributed by atoms with Crippen LogP contribution in [-0.4, -0.2) is 13.7 Å². The van der Waals surface area contributed by atoms with E-state index in [1.54, 1.807) is 6.08 Å². The Hall–Kier alpha value is -1.56. The van der Waals surface area contributed by atoms with Crippen LogP contribution in [0.4, 0.5) is 17.6 Å². The minimum absolute atomic E-state index is 0.164. The summed E-state index contributed by atoms with van der Waals surface area (Å²) in [4.78, 5) is 0. The number of hydrogen-bond acceptors (Lipinski definition) is 2. The van der Waals surface area contributed by atoms with Gasteiger partial charge in [0, 0.05) is 6.42 Å². The summed E-state index contributed by atoms with van der Waals surface area (Å²) in [6.07, 6.45) is -2.17. The van der Waals surface area contributed by atoms with Crippen LogP contribution < -0.4 is 5.32 Å². The maximum atomic E-state index is 13.3. The van der Waals surface area contributed by atoms with Crippen molar-refractivity contribution in [1.82, 2.24) is 5.32 Å². The molecule has 2 nitrogen and oxygen atoms in total. The third-order valence-electron chi connectivity index (χ3n) is 2.94. The summed E-state index contributed by atoms with van der Waals surface area (Å²) in [6, 6.07) is 1.66. The van der Waals surface area contributed by atoms with Crippen LogP contribution in [0.5, 0.6) is 0 Å². The van der Waals surface area contributed by atoms with Crippen molar-refractivity contribution in [2.75, 3.05) is 13.7 Å². The highest BCUT2D eigenvalue weighted by atomic mass is 19.4. The van der Waals surface area contributed by atoms with Crippen LogP contribution >= 0.6 is 0 Å². The SMILES string of the molecule is CNC(C1=CCCO1)c1cc(F)ccc1C(F)(F)F. The smallest absolute Gasteiger partial charge is 0.416 e. The molecule has 0 spiro atoms. The summed E-state index contributed by atoms with van der Waals surface area (Å²) in [5.41, 5.74) is -1.02. The number of likely N-dealkylation sites (N-methyl/N-ethyl adjacent to an activating group) is 1. The average Bonchev–Trinajstić information content (AvgIpc) is 2.82. The molecule has 1 unspecified atom stereocenters. The molecule has 1 N–H and O–H groups in total. The fourth-order valence-electron chi connectivity index (χ4n) is 2.12. The molecule has 1 aromatic carbocycles. The number of rotatable bonds is 3. The van der Waals surface area contributed by atoms with Crippen LogP contribution in [0.1, 0.15) is 23.6 Å². The van der Waals surface area contributed by atoms with Gasteiger partial charge < -0.3 is 10.1 Å². The number of benzene rings is 1. The second-order valence-electron chi connectivity index (χ2n) is 4.19. The van der Waals surface area contributed by atoms with E-state index in [0.717, 1.165) is 18.2 Å². The van der Waals surface area contributed by atoms with E-state index in [2.05, 4.69) is 5.32 Å². The molecule has 0 aromatic heterocycles. The topological polar surface area (TPSA) is 21.3 Å². The van der Waals surface area contributed by atoms with Crippen molar-refractivity contribution in [3.63, 3.8) is 0 Å². The molecule has 0 fully saturated rings. The lowest BCUT2D eigenvalue weighted by Gasteiger charge is -2.22. The predicted molar refractivity (Wildman–Crippen MR) is 61.9 cm³/mol. The molecule has 1 aromatic rings. The molecule has 0 radical (unpaired) electrons. The summed E-state index contributed by atoms with van der Waals surface area (Å²) < 4.78 is 57.4. The Bertz CT molecular complexity index is 496. The molecule has 0 saturated carbocycles. The Kier molecular flexibility index (Phi) is 3.80. The second kappa shape index (κ2) is 5.21. The van der Waals surface area contributed by atoms with Crippen LogP contribution in [0, 0.1) is 5.82 Å². The highest BCUT2D eigenvalue weighted by Gasteiger charge is 2.36. The van der Waals surface area contributed by atoms with E-state index in [4.69, 9.17) is 4.74 Å². The monoisotopic (exact) mass is 275 g/mol. The molecular weight excluding hydrogens is 262 g/mol. The Morgan fingerprint density at radius 3 is 2.58 bits per heavy atom. The number of nitrogens with one attached hydrogen (secondary N) is 1. The van der Waals surface area contributed by atoms with Crippen molar-refractivity contribution >= 4 is 0 Å². The second-order valence-corrected chi connectivity index (χ2v) is 4.19. The van der Waals surface area contributed by atoms with Crippen molar-refractivity contribution in [2.45, 2.75) is 18.6 Å². The van der Waals surface area contributed by atoms with E-state index >= 15 is 0 Å². The van der Waals surface area contributed by atoms with Gasteiger partial charge in [-0.25, -0.2) is 4.39 Å². The zero-order valence-corrected chi connectivity index (χ0v) is 10.2. The average molecular weight is 275 g/mol. The molecule has 0 bridgehead atoms. The summed E-state index contributed by atoms with van der Waals surface area (Å²) in [5, 5.41) is 2.74. The minimum Gasteiger partial charge on any atom is -0.496 e. The van der Waals surface area contributed by atoms with Crippen molar-refractivity contribution in [2.24, 2.45) is 0 Å². The predicted octanol–water partition coefficient (Wildman–Crippen LogP) is 3.41. The molecular formula is C13H13F4NO. The van der Waals surface area contributed by atoms with Gasteiger partial charge in [0.15, 0.2) is 0 Å². The molecule has 0 saturated heterocycles. The Morgan fingerprint density at radius 1 is 1.32 bits per heavy atom. The Labute approximate surface area is 108 Å². The molecule has 0 amide bonds. The summed E-state index contributed by atoms with van der Waals surface area (Å²) in [7, 11) is 1.51. The fraction of sp³-hybridized carbons (Fsp3) is 0.385. The molecule has 6 heteroatoms. The van der Waals surface area contributed by atoms with Gasteiger partial charge in [-0.2, -0.15) is 13.2 Å². The Morgan fingerprint density at radius 2 is 2.05 bits per heavy atom. The van der Waals surface area contributed by atoms with Crippen molar-refractivity contribution in [3.05, 3.63) is 47.0 Å². The molecule has 104 valence electrons. The van der Waals surface area contributed by atoms with Gasteiger partial charge in [-0.05, 0) is 36.9 Å². The largest absolute Gasteiger partial charge is 0.496 e. The molecule has 1 aliphatic heterocycles. The first-order chi connectivity index (χ1) is 8.93. The lowest BCUT2D eigenvalue weighted by molar-refractivity contribution is -0.138. The zero-order valence-electron chi connectivity index (χ0n) is 10.2. The summed E-state index contributed by atoms with van der Waals surface area (Å²) in [5.74, 6) is -0.305. The molecule has 19 heavy (non-hydrogen) atoms. The zero-order chi connectivity index (χ0) is 14.0. The van der Waals surface area contributed by atoms with E-state index in [9.17, 15) is 17.6 Å². The normalized spacial score (nSPS) is 17.0. The fourth-order valence-corrected chi connectivity index (χ4v) is 2.12. The van der Waals surface area contributed by atoms with Gasteiger partial charge in [-0.1, -0.05) is 0 Å². The van der Waals surface area contributed by atoms with Crippen molar-refractivity contribution in [3.8, 4) is 0 Å². The third kappa shape index (κ3) is 2.89. The molecule has 1 heterocycles. The third-order valence-corrected chi connectivity index (χ3v) is 2.94. The first kappa shape index (κ1) is 13.9. The van der Waals surface area contributed by atoms with Crippen molar-refractivity contribution in [1.29, 1.82) is 0 Å². The van der Waals surface area contributed by atoms with E-state index < -0.39 is 23.6 Å². The standard InChI is InChI=1S/C13H13F4NO/c1-18-12(11-3-2-6-19-11)9-7-8(14)4-5-10(9)13(15,16)17/h3-5,7,12,18H,2,6H2,1H3. The molecule has 0 aliphatic carbocycles. The van der Waals surface area contributed by atoms with E-state index in [-0.39, 0.29) is 5.56 Å². The number of hydrogen-bond donors (Lipinski definition) is 1. The van der Waals surface area contributed by atoms with Gasteiger partial charge in [0.25, 0.3) is 0 Å². The maximum absolute atomic E-state index is 13.3. The number of ether oxygens (including phenoxy) is 1. The van der Waals surface area contributed by atoms with Crippen LogP contribution in [0.25, 0.3) is 0 Å². The van der Waals surface area contributed by atoms with Crippen LogP contribution in [0.15, 0.2) is 30.0 Å². The maximum Gasteiger partial charge on any atom is 0.416 e. The summed E-state index contributed by atoms with van der Waals surface area (Å²) in [6.45, 7) is 0.435. The van der Waals surface area contributed by atoms with Crippen LogP contribution in [-0.2, 0) is 10.9 Å². The van der Waals surface area contributed by atoms with Gasteiger partial charge in [0.1, 0.15) is 11.6 Å². The first-order valence-corrected chi connectivity index (χ1v) is 5.80. The van der Waals surface area contributed by atoms with Gasteiger partial charge >= 0.3 is 6.18 Å². The number of alkyl halides is 3. The molecule has 1 atom stereocenters. The Balaban J connectivity index is 2.49. The van der Waals surface area contributed by atoms with Gasteiger partial charge in [0.2, 0.25) is 0 Å². The molecule has 1 aliphatic rings. The quantitative estimate of drug-likeness (QED) is 0.854. The highest BCUT2D eigenvalue weighted by Crippen LogP contribution is 2.37. The first-order valence-electron chi connectivity index (χ1n) is 5.80. The van der Waals surface area contributed by atoms with E-state index in [1.165, 1.54) is 7.05 Å². The molecule has 2 rings (SSSR count). The van der Waals surface area contributed by atoms with Crippen LogP contribution in [0.2, 0.25) is 0 Å². The number of halogens is 4. The van der Waals surface area contributed by atoms with Crippen molar-refractivity contribution < 1.29 is 22.3 Å².